The largest absolute Gasteiger partial charge is 0.369 e. The fraction of sp³-hybridized carbons (Fsp3) is 0.500. The van der Waals surface area contributed by atoms with Crippen molar-refractivity contribution in [2.24, 2.45) is 5.73 Å². The Bertz CT molecular complexity index is 359. The van der Waals surface area contributed by atoms with E-state index in [-0.39, 0.29) is 0 Å². The quantitative estimate of drug-likeness (QED) is 0.850. The van der Waals surface area contributed by atoms with Crippen LogP contribution in [0.25, 0.3) is 0 Å². The Morgan fingerprint density at radius 1 is 1.25 bits per heavy atom. The lowest BCUT2D eigenvalue weighted by molar-refractivity contribution is 0.313. The predicted molar refractivity (Wildman–Crippen MR) is 69.1 cm³/mol. The summed E-state index contributed by atoms with van der Waals surface area (Å²) in [7, 11) is 2.15. The summed E-state index contributed by atoms with van der Waals surface area (Å²) in [5.41, 5.74) is 7.81. The molecule has 1 saturated heterocycles. The molecule has 4 heteroatoms. The van der Waals surface area contributed by atoms with Gasteiger partial charge in [-0.3, -0.25) is 0 Å². The van der Waals surface area contributed by atoms with Crippen LogP contribution < -0.4 is 10.6 Å². The summed E-state index contributed by atoms with van der Waals surface area (Å²) in [6.45, 7) is 4.85. The number of rotatable bonds is 2. The smallest absolute Gasteiger partial charge is 0.0471 e. The molecule has 2 N–H and O–H groups in total. The Hall–Kier alpha value is -0.770. The number of hydrogen-bond acceptors (Lipinski definition) is 3. The van der Waals surface area contributed by atoms with Crippen molar-refractivity contribution in [1.29, 1.82) is 0 Å². The second kappa shape index (κ2) is 5.04. The van der Waals surface area contributed by atoms with E-state index in [0.717, 1.165) is 36.8 Å². The molecule has 0 bridgehead atoms. The van der Waals surface area contributed by atoms with Gasteiger partial charge in [0.15, 0.2) is 0 Å². The van der Waals surface area contributed by atoms with Crippen LogP contribution in [0.4, 0.5) is 5.69 Å². The van der Waals surface area contributed by atoms with E-state index in [9.17, 15) is 0 Å². The SMILES string of the molecule is CN1CCN(c2ccc(CN)c(Cl)c2)CC1. The first-order valence-corrected chi connectivity index (χ1v) is 6.00. The van der Waals surface area contributed by atoms with Crippen LogP contribution in [0.5, 0.6) is 0 Å². The zero-order valence-corrected chi connectivity index (χ0v) is 10.4. The highest BCUT2D eigenvalue weighted by atomic mass is 35.5. The minimum atomic E-state index is 0.502. The lowest BCUT2D eigenvalue weighted by Crippen LogP contribution is -2.44. The number of hydrogen-bond donors (Lipinski definition) is 1. The van der Waals surface area contributed by atoms with E-state index in [4.69, 9.17) is 17.3 Å². The summed E-state index contributed by atoms with van der Waals surface area (Å²) < 4.78 is 0. The van der Waals surface area contributed by atoms with Crippen molar-refractivity contribution in [2.75, 3.05) is 38.1 Å². The first kappa shape index (κ1) is 11.7. The molecule has 3 nitrogen and oxygen atoms in total. The van der Waals surface area contributed by atoms with Gasteiger partial charge in [0.25, 0.3) is 0 Å². The fourth-order valence-corrected chi connectivity index (χ4v) is 2.22. The number of likely N-dealkylation sites (N-methyl/N-ethyl adjacent to an activating group) is 1. The zero-order chi connectivity index (χ0) is 11.5. The van der Waals surface area contributed by atoms with Gasteiger partial charge in [0.05, 0.1) is 0 Å². The molecule has 0 aliphatic carbocycles. The van der Waals surface area contributed by atoms with Crippen LogP contribution in [-0.2, 0) is 6.54 Å². The van der Waals surface area contributed by atoms with Crippen LogP contribution in [-0.4, -0.2) is 38.1 Å². The Morgan fingerprint density at radius 2 is 1.94 bits per heavy atom. The van der Waals surface area contributed by atoms with Gasteiger partial charge >= 0.3 is 0 Å². The van der Waals surface area contributed by atoms with Gasteiger partial charge in [0.2, 0.25) is 0 Å². The monoisotopic (exact) mass is 239 g/mol. The number of halogens is 1. The predicted octanol–water partition coefficient (Wildman–Crippen LogP) is 1.55. The lowest BCUT2D eigenvalue weighted by Gasteiger charge is -2.34. The molecule has 0 atom stereocenters. The number of anilines is 1. The van der Waals surface area contributed by atoms with Crippen molar-refractivity contribution in [1.82, 2.24) is 4.90 Å². The molecule has 1 aliphatic rings. The van der Waals surface area contributed by atoms with E-state index in [1.54, 1.807) is 0 Å². The van der Waals surface area contributed by atoms with Gasteiger partial charge in [-0.1, -0.05) is 17.7 Å². The summed E-state index contributed by atoms with van der Waals surface area (Å²) in [5, 5.41) is 0.777. The summed E-state index contributed by atoms with van der Waals surface area (Å²) in [6, 6.07) is 6.16. The third kappa shape index (κ3) is 2.48. The third-order valence-electron chi connectivity index (χ3n) is 3.12. The van der Waals surface area contributed by atoms with Crippen LogP contribution in [0.2, 0.25) is 5.02 Å². The fourth-order valence-electron chi connectivity index (χ4n) is 1.96. The molecular weight excluding hydrogens is 222 g/mol. The standard InChI is InChI=1S/C12H18ClN3/c1-15-4-6-16(7-5-15)11-3-2-10(9-14)12(13)8-11/h2-3,8H,4-7,9,14H2,1H3. The van der Waals surface area contributed by atoms with Crippen LogP contribution in [0.3, 0.4) is 0 Å². The van der Waals surface area contributed by atoms with E-state index < -0.39 is 0 Å². The normalized spacial score (nSPS) is 17.8. The molecular formula is C12H18ClN3. The molecule has 16 heavy (non-hydrogen) atoms. The van der Waals surface area contributed by atoms with E-state index >= 15 is 0 Å². The summed E-state index contributed by atoms with van der Waals surface area (Å²) in [5.74, 6) is 0. The second-order valence-corrected chi connectivity index (χ2v) is 4.68. The summed E-state index contributed by atoms with van der Waals surface area (Å²) in [4.78, 5) is 4.71. The van der Waals surface area contributed by atoms with Crippen molar-refractivity contribution >= 4 is 17.3 Å². The van der Waals surface area contributed by atoms with Crippen LogP contribution in [0.15, 0.2) is 18.2 Å². The van der Waals surface area contributed by atoms with E-state index in [1.807, 2.05) is 12.1 Å². The van der Waals surface area contributed by atoms with E-state index in [2.05, 4.69) is 22.9 Å². The maximum absolute atomic E-state index is 6.16. The maximum atomic E-state index is 6.16. The highest BCUT2D eigenvalue weighted by molar-refractivity contribution is 6.31. The first-order chi connectivity index (χ1) is 7.70. The Labute approximate surface area is 102 Å². The summed E-state index contributed by atoms with van der Waals surface area (Å²) >= 11 is 6.16. The molecule has 2 rings (SSSR count). The van der Waals surface area contributed by atoms with Crippen molar-refractivity contribution in [3.05, 3.63) is 28.8 Å². The molecule has 0 unspecified atom stereocenters. The van der Waals surface area contributed by atoms with Crippen LogP contribution >= 0.6 is 11.6 Å². The molecule has 0 spiro atoms. The second-order valence-electron chi connectivity index (χ2n) is 4.27. The zero-order valence-electron chi connectivity index (χ0n) is 9.62. The lowest BCUT2D eigenvalue weighted by atomic mass is 10.2. The Balaban J connectivity index is 2.12. The molecule has 1 aliphatic heterocycles. The molecule has 1 fully saturated rings. The first-order valence-electron chi connectivity index (χ1n) is 5.62. The van der Waals surface area contributed by atoms with E-state index in [0.29, 0.717) is 6.54 Å². The molecule has 88 valence electrons. The molecule has 1 aromatic carbocycles. The van der Waals surface area contributed by atoms with Gasteiger partial charge < -0.3 is 15.5 Å². The van der Waals surface area contributed by atoms with Gasteiger partial charge in [0, 0.05) is 43.4 Å². The highest BCUT2D eigenvalue weighted by Crippen LogP contribution is 2.24. The molecule has 1 heterocycles. The van der Waals surface area contributed by atoms with Gasteiger partial charge in [-0.05, 0) is 24.7 Å². The van der Waals surface area contributed by atoms with Gasteiger partial charge in [-0.25, -0.2) is 0 Å². The Kier molecular flexibility index (Phi) is 3.69. The van der Waals surface area contributed by atoms with Gasteiger partial charge in [-0.2, -0.15) is 0 Å². The summed E-state index contributed by atoms with van der Waals surface area (Å²) in [6.07, 6.45) is 0. The van der Waals surface area contributed by atoms with Crippen molar-refractivity contribution in [3.8, 4) is 0 Å². The molecule has 1 aromatic rings. The van der Waals surface area contributed by atoms with Gasteiger partial charge in [0.1, 0.15) is 0 Å². The van der Waals surface area contributed by atoms with Crippen molar-refractivity contribution < 1.29 is 0 Å². The minimum Gasteiger partial charge on any atom is -0.369 e. The van der Waals surface area contributed by atoms with Crippen molar-refractivity contribution in [2.45, 2.75) is 6.54 Å². The Morgan fingerprint density at radius 3 is 2.50 bits per heavy atom. The number of benzene rings is 1. The molecule has 0 radical (unpaired) electrons. The number of nitrogens with zero attached hydrogens (tertiary/aromatic N) is 2. The molecule has 0 aromatic heterocycles. The van der Waals surface area contributed by atoms with Gasteiger partial charge in [-0.15, -0.1) is 0 Å². The third-order valence-corrected chi connectivity index (χ3v) is 3.48. The average Bonchev–Trinajstić information content (AvgIpc) is 2.30. The van der Waals surface area contributed by atoms with Crippen LogP contribution in [0.1, 0.15) is 5.56 Å². The van der Waals surface area contributed by atoms with Crippen LogP contribution in [0, 0.1) is 0 Å². The molecule has 0 saturated carbocycles. The highest BCUT2D eigenvalue weighted by Gasteiger charge is 2.14. The average molecular weight is 240 g/mol. The topological polar surface area (TPSA) is 32.5 Å². The molecule has 0 amide bonds. The number of nitrogens with two attached hydrogens (primary N) is 1. The maximum Gasteiger partial charge on any atom is 0.0471 e. The van der Waals surface area contributed by atoms with E-state index in [1.165, 1.54) is 5.69 Å². The van der Waals surface area contributed by atoms with Crippen molar-refractivity contribution in [3.63, 3.8) is 0 Å². The minimum absolute atomic E-state index is 0.502. The number of piperazine rings is 1.